The lowest BCUT2D eigenvalue weighted by molar-refractivity contribution is 0.174. The molecule has 1 saturated carbocycles. The quantitative estimate of drug-likeness (QED) is 0.884. The Morgan fingerprint density at radius 2 is 1.89 bits per heavy atom. The molecule has 0 amide bonds. The molecular weight excluding hydrogens is 226 g/mol. The highest BCUT2D eigenvalue weighted by molar-refractivity contribution is 5.55. The zero-order valence-electron chi connectivity index (χ0n) is 10.9. The molecular formula is C15H21NO2. The summed E-state index contributed by atoms with van der Waals surface area (Å²) < 4.78 is 10.7. The molecule has 0 radical (unpaired) electrons. The lowest BCUT2D eigenvalue weighted by Gasteiger charge is -2.26. The Kier molecular flexibility index (Phi) is 3.31. The summed E-state index contributed by atoms with van der Waals surface area (Å²) in [5.74, 6) is 3.46. The van der Waals surface area contributed by atoms with Crippen molar-refractivity contribution < 1.29 is 9.47 Å². The monoisotopic (exact) mass is 247 g/mol. The zero-order valence-corrected chi connectivity index (χ0v) is 10.9. The second kappa shape index (κ2) is 5.09. The molecule has 0 unspecified atom stereocenters. The number of ether oxygens (including phenoxy) is 2. The van der Waals surface area contributed by atoms with Crippen molar-refractivity contribution in [1.29, 1.82) is 0 Å². The van der Waals surface area contributed by atoms with E-state index in [2.05, 4.69) is 18.3 Å². The lowest BCUT2D eigenvalue weighted by atomic mass is 9.83. The number of rotatable bonds is 3. The average Bonchev–Trinajstić information content (AvgIpc) is 2.85. The van der Waals surface area contributed by atoms with Gasteiger partial charge < -0.3 is 14.8 Å². The number of hydrogen-bond donors (Lipinski definition) is 1. The van der Waals surface area contributed by atoms with Crippen LogP contribution in [0.4, 0.5) is 5.69 Å². The van der Waals surface area contributed by atoms with Crippen LogP contribution in [-0.2, 0) is 0 Å². The SMILES string of the molecule is C[C@H]1CC[C@H](CNc2ccc3c(c2)OCO3)CC1. The summed E-state index contributed by atoms with van der Waals surface area (Å²) in [5, 5.41) is 3.52. The fourth-order valence-electron chi connectivity index (χ4n) is 2.80. The molecule has 0 saturated heterocycles. The predicted molar refractivity (Wildman–Crippen MR) is 72.2 cm³/mol. The van der Waals surface area contributed by atoms with Crippen molar-refractivity contribution in [2.75, 3.05) is 18.7 Å². The summed E-state index contributed by atoms with van der Waals surface area (Å²) in [7, 11) is 0. The van der Waals surface area contributed by atoms with Crippen molar-refractivity contribution in [2.45, 2.75) is 32.6 Å². The van der Waals surface area contributed by atoms with E-state index in [1.807, 2.05) is 12.1 Å². The van der Waals surface area contributed by atoms with E-state index < -0.39 is 0 Å². The minimum atomic E-state index is 0.347. The van der Waals surface area contributed by atoms with Crippen LogP contribution in [0.5, 0.6) is 11.5 Å². The number of anilines is 1. The van der Waals surface area contributed by atoms with E-state index in [4.69, 9.17) is 9.47 Å². The van der Waals surface area contributed by atoms with Gasteiger partial charge in [-0.25, -0.2) is 0 Å². The lowest BCUT2D eigenvalue weighted by Crippen LogP contribution is -2.20. The van der Waals surface area contributed by atoms with Gasteiger partial charge in [0, 0.05) is 18.3 Å². The van der Waals surface area contributed by atoms with Gasteiger partial charge in [-0.05, 0) is 36.8 Å². The molecule has 18 heavy (non-hydrogen) atoms. The fourth-order valence-corrected chi connectivity index (χ4v) is 2.80. The Balaban J connectivity index is 1.54. The first kappa shape index (κ1) is 11.7. The summed E-state index contributed by atoms with van der Waals surface area (Å²) in [6.45, 7) is 3.78. The molecule has 1 aliphatic heterocycles. The van der Waals surface area contributed by atoms with Gasteiger partial charge in [-0.2, -0.15) is 0 Å². The Morgan fingerprint density at radius 1 is 1.11 bits per heavy atom. The smallest absolute Gasteiger partial charge is 0.231 e. The zero-order chi connectivity index (χ0) is 12.4. The Labute approximate surface area is 108 Å². The maximum absolute atomic E-state index is 5.38. The minimum Gasteiger partial charge on any atom is -0.454 e. The van der Waals surface area contributed by atoms with Crippen LogP contribution in [0.15, 0.2) is 18.2 Å². The number of benzene rings is 1. The third kappa shape index (κ3) is 2.55. The number of fused-ring (bicyclic) bond motifs is 1. The van der Waals surface area contributed by atoms with Gasteiger partial charge in [0.25, 0.3) is 0 Å². The van der Waals surface area contributed by atoms with Crippen molar-refractivity contribution >= 4 is 5.69 Å². The molecule has 98 valence electrons. The van der Waals surface area contributed by atoms with Crippen LogP contribution in [0.3, 0.4) is 0 Å². The first-order valence-electron chi connectivity index (χ1n) is 6.95. The van der Waals surface area contributed by atoms with Crippen LogP contribution in [0.1, 0.15) is 32.6 Å². The van der Waals surface area contributed by atoms with Gasteiger partial charge in [0.1, 0.15) is 0 Å². The van der Waals surface area contributed by atoms with E-state index in [0.29, 0.717) is 6.79 Å². The van der Waals surface area contributed by atoms with Gasteiger partial charge in [-0.3, -0.25) is 0 Å². The van der Waals surface area contributed by atoms with E-state index >= 15 is 0 Å². The van der Waals surface area contributed by atoms with Gasteiger partial charge in [0.05, 0.1) is 0 Å². The van der Waals surface area contributed by atoms with Crippen LogP contribution in [0.2, 0.25) is 0 Å². The highest BCUT2D eigenvalue weighted by atomic mass is 16.7. The van der Waals surface area contributed by atoms with Crippen LogP contribution < -0.4 is 14.8 Å². The van der Waals surface area contributed by atoms with Gasteiger partial charge in [-0.1, -0.05) is 19.8 Å². The van der Waals surface area contributed by atoms with Gasteiger partial charge in [-0.15, -0.1) is 0 Å². The van der Waals surface area contributed by atoms with Crippen molar-refractivity contribution in [3.63, 3.8) is 0 Å². The summed E-state index contributed by atoms with van der Waals surface area (Å²) in [6, 6.07) is 6.08. The van der Waals surface area contributed by atoms with E-state index in [0.717, 1.165) is 35.6 Å². The summed E-state index contributed by atoms with van der Waals surface area (Å²) in [5.41, 5.74) is 1.14. The maximum Gasteiger partial charge on any atom is 0.231 e. The number of hydrogen-bond acceptors (Lipinski definition) is 3. The van der Waals surface area contributed by atoms with Crippen molar-refractivity contribution in [3.8, 4) is 11.5 Å². The summed E-state index contributed by atoms with van der Waals surface area (Å²) in [6.07, 6.45) is 5.48. The highest BCUT2D eigenvalue weighted by Crippen LogP contribution is 2.34. The van der Waals surface area contributed by atoms with Crippen LogP contribution in [-0.4, -0.2) is 13.3 Å². The average molecular weight is 247 g/mol. The molecule has 1 heterocycles. The molecule has 3 rings (SSSR count). The molecule has 1 aromatic carbocycles. The standard InChI is InChI=1S/C15H21NO2/c1-11-2-4-12(5-3-11)9-16-13-6-7-14-15(8-13)18-10-17-14/h6-8,11-12,16H,2-5,9-10H2,1H3/t11-,12-. The van der Waals surface area contributed by atoms with Gasteiger partial charge >= 0.3 is 0 Å². The van der Waals surface area contributed by atoms with E-state index in [-0.39, 0.29) is 0 Å². The molecule has 0 bridgehead atoms. The molecule has 0 spiro atoms. The molecule has 1 aromatic rings. The second-order valence-corrected chi connectivity index (χ2v) is 5.57. The Morgan fingerprint density at radius 3 is 2.72 bits per heavy atom. The molecule has 1 N–H and O–H groups in total. The first-order chi connectivity index (χ1) is 8.81. The molecule has 1 aliphatic carbocycles. The largest absolute Gasteiger partial charge is 0.454 e. The second-order valence-electron chi connectivity index (χ2n) is 5.57. The normalized spacial score (nSPS) is 26.1. The molecule has 3 heteroatoms. The summed E-state index contributed by atoms with van der Waals surface area (Å²) >= 11 is 0. The fraction of sp³-hybridized carbons (Fsp3) is 0.600. The van der Waals surface area contributed by atoms with E-state index in [1.165, 1.54) is 25.7 Å². The minimum absolute atomic E-state index is 0.347. The topological polar surface area (TPSA) is 30.5 Å². The predicted octanol–water partition coefficient (Wildman–Crippen LogP) is 3.65. The number of nitrogens with one attached hydrogen (secondary N) is 1. The summed E-state index contributed by atoms with van der Waals surface area (Å²) in [4.78, 5) is 0. The van der Waals surface area contributed by atoms with Gasteiger partial charge in [0.15, 0.2) is 11.5 Å². The van der Waals surface area contributed by atoms with E-state index in [9.17, 15) is 0 Å². The third-order valence-corrected chi connectivity index (χ3v) is 4.10. The Bertz CT molecular complexity index is 411. The highest BCUT2D eigenvalue weighted by Gasteiger charge is 2.18. The van der Waals surface area contributed by atoms with E-state index in [1.54, 1.807) is 0 Å². The molecule has 0 aromatic heterocycles. The Hall–Kier alpha value is -1.38. The van der Waals surface area contributed by atoms with Gasteiger partial charge in [0.2, 0.25) is 6.79 Å². The van der Waals surface area contributed by atoms with Crippen LogP contribution in [0, 0.1) is 11.8 Å². The van der Waals surface area contributed by atoms with Crippen molar-refractivity contribution in [1.82, 2.24) is 0 Å². The first-order valence-corrected chi connectivity index (χ1v) is 6.95. The maximum atomic E-state index is 5.38. The molecule has 1 fully saturated rings. The van der Waals surface area contributed by atoms with Crippen molar-refractivity contribution in [2.24, 2.45) is 11.8 Å². The molecule has 2 aliphatic rings. The third-order valence-electron chi connectivity index (χ3n) is 4.10. The molecule has 0 atom stereocenters. The van der Waals surface area contributed by atoms with Crippen molar-refractivity contribution in [3.05, 3.63) is 18.2 Å². The molecule has 3 nitrogen and oxygen atoms in total. The van der Waals surface area contributed by atoms with Crippen LogP contribution >= 0.6 is 0 Å². The van der Waals surface area contributed by atoms with Crippen LogP contribution in [0.25, 0.3) is 0 Å².